The first-order valence-corrected chi connectivity index (χ1v) is 6.81. The van der Waals surface area contributed by atoms with E-state index in [2.05, 4.69) is 10.2 Å². The molecule has 0 amide bonds. The molecule has 0 radical (unpaired) electrons. The maximum absolute atomic E-state index is 12.3. The molecule has 0 aliphatic heterocycles. The fraction of sp³-hybridized carbons (Fsp3) is 0.400. The van der Waals surface area contributed by atoms with Crippen LogP contribution >= 0.6 is 0 Å². The van der Waals surface area contributed by atoms with Crippen LogP contribution in [0.1, 0.15) is 31.5 Å². The van der Waals surface area contributed by atoms with Crippen LogP contribution in [0, 0.1) is 0 Å². The van der Waals surface area contributed by atoms with Crippen molar-refractivity contribution in [2.75, 3.05) is 6.61 Å². The largest absolute Gasteiger partial charge is 0.466 e. The molecule has 1 aromatic carbocycles. The molecule has 0 aliphatic carbocycles. The number of hydrogen-bond donors (Lipinski definition) is 1. The molecule has 5 nitrogen and oxygen atoms in total. The number of hydrogen-bond acceptors (Lipinski definition) is 4. The summed E-state index contributed by atoms with van der Waals surface area (Å²) in [6, 6.07) is 5.71. The molecule has 0 saturated carbocycles. The van der Waals surface area contributed by atoms with Gasteiger partial charge in [0, 0.05) is 11.8 Å². The third-order valence-corrected chi connectivity index (χ3v) is 3.18. The fourth-order valence-corrected chi connectivity index (χ4v) is 2.05. The number of aromatic nitrogens is 2. The molecule has 0 atom stereocenters. The molecule has 0 bridgehead atoms. The van der Waals surface area contributed by atoms with Crippen LogP contribution in [-0.4, -0.2) is 22.8 Å². The molecule has 106 valence electrons. The van der Waals surface area contributed by atoms with Crippen LogP contribution in [0.25, 0.3) is 10.9 Å². The van der Waals surface area contributed by atoms with Crippen molar-refractivity contribution in [3.05, 3.63) is 39.7 Å². The maximum atomic E-state index is 12.3. The lowest BCUT2D eigenvalue weighted by molar-refractivity contribution is -0.143. The van der Waals surface area contributed by atoms with Crippen molar-refractivity contribution < 1.29 is 9.53 Å². The Morgan fingerprint density at radius 2 is 2.15 bits per heavy atom. The summed E-state index contributed by atoms with van der Waals surface area (Å²) in [4.78, 5) is 23.7. The minimum absolute atomic E-state index is 0.113. The van der Waals surface area contributed by atoms with Crippen LogP contribution < -0.4 is 5.43 Å². The minimum Gasteiger partial charge on any atom is -0.466 e. The molecule has 0 fully saturated rings. The van der Waals surface area contributed by atoms with E-state index < -0.39 is 0 Å². The van der Waals surface area contributed by atoms with Gasteiger partial charge in [-0.15, -0.1) is 0 Å². The van der Waals surface area contributed by atoms with E-state index >= 15 is 0 Å². The number of fused-ring (bicyclic) bond motifs is 1. The predicted molar refractivity (Wildman–Crippen MR) is 76.7 cm³/mol. The molecular weight excluding hydrogens is 256 g/mol. The summed E-state index contributed by atoms with van der Waals surface area (Å²) in [6.07, 6.45) is 1.33. The maximum Gasteiger partial charge on any atom is 0.306 e. The Morgan fingerprint density at radius 1 is 1.35 bits per heavy atom. The van der Waals surface area contributed by atoms with Crippen molar-refractivity contribution in [3.63, 3.8) is 0 Å². The molecule has 0 spiro atoms. The van der Waals surface area contributed by atoms with E-state index in [0.717, 1.165) is 12.0 Å². The van der Waals surface area contributed by atoms with Gasteiger partial charge in [0.1, 0.15) is 5.69 Å². The number of carbonyl (C=O) groups excluding carboxylic acids is 1. The van der Waals surface area contributed by atoms with Gasteiger partial charge in [0.15, 0.2) is 0 Å². The van der Waals surface area contributed by atoms with Crippen molar-refractivity contribution in [2.45, 2.75) is 33.1 Å². The van der Waals surface area contributed by atoms with Crippen LogP contribution in [-0.2, 0) is 22.4 Å². The molecule has 2 rings (SSSR count). The summed E-state index contributed by atoms with van der Waals surface area (Å²) >= 11 is 0. The SMILES string of the molecule is CCOC(=O)CCc1n[nH]c2ccc(CC)cc2c1=O. The van der Waals surface area contributed by atoms with Crippen LogP contribution in [0.15, 0.2) is 23.0 Å². The van der Waals surface area contributed by atoms with E-state index in [1.807, 2.05) is 25.1 Å². The first-order valence-electron chi connectivity index (χ1n) is 6.81. The predicted octanol–water partition coefficient (Wildman–Crippen LogP) is 1.98. The molecule has 20 heavy (non-hydrogen) atoms. The number of esters is 1. The number of carbonyl (C=O) groups is 1. The van der Waals surface area contributed by atoms with E-state index in [4.69, 9.17) is 4.74 Å². The summed E-state index contributed by atoms with van der Waals surface area (Å²) in [6.45, 7) is 4.14. The smallest absolute Gasteiger partial charge is 0.306 e. The van der Waals surface area contributed by atoms with Gasteiger partial charge in [-0.05, 0) is 31.0 Å². The monoisotopic (exact) mass is 274 g/mol. The highest BCUT2D eigenvalue weighted by Gasteiger charge is 2.10. The van der Waals surface area contributed by atoms with E-state index in [1.165, 1.54) is 0 Å². The van der Waals surface area contributed by atoms with Crippen molar-refractivity contribution in [3.8, 4) is 0 Å². The second kappa shape index (κ2) is 6.32. The molecule has 5 heteroatoms. The molecule has 1 heterocycles. The molecule has 0 aliphatic rings. The van der Waals surface area contributed by atoms with Crippen LogP contribution in [0.5, 0.6) is 0 Å². The van der Waals surface area contributed by atoms with Crippen molar-refractivity contribution >= 4 is 16.9 Å². The van der Waals surface area contributed by atoms with Gasteiger partial charge in [-0.1, -0.05) is 13.0 Å². The number of nitrogens with one attached hydrogen (secondary N) is 1. The number of nitrogens with zero attached hydrogens (tertiary/aromatic N) is 1. The lowest BCUT2D eigenvalue weighted by atomic mass is 10.1. The molecular formula is C15H18N2O3. The average Bonchev–Trinajstić information content (AvgIpc) is 2.46. The van der Waals surface area contributed by atoms with Gasteiger partial charge in [0.25, 0.3) is 0 Å². The van der Waals surface area contributed by atoms with Crippen LogP contribution in [0.2, 0.25) is 0 Å². The van der Waals surface area contributed by atoms with Gasteiger partial charge in [0.2, 0.25) is 5.43 Å². The van der Waals surface area contributed by atoms with Gasteiger partial charge in [-0.2, -0.15) is 5.10 Å². The summed E-state index contributed by atoms with van der Waals surface area (Å²) in [5, 5.41) is 7.54. The fourth-order valence-electron chi connectivity index (χ4n) is 2.05. The third-order valence-electron chi connectivity index (χ3n) is 3.18. The zero-order valence-electron chi connectivity index (χ0n) is 11.7. The van der Waals surface area contributed by atoms with Crippen LogP contribution in [0.3, 0.4) is 0 Å². The molecule has 1 aromatic heterocycles. The summed E-state index contributed by atoms with van der Waals surface area (Å²) in [7, 11) is 0. The number of benzene rings is 1. The zero-order valence-corrected chi connectivity index (χ0v) is 11.7. The topological polar surface area (TPSA) is 72.0 Å². The lowest BCUT2D eigenvalue weighted by Gasteiger charge is -2.04. The highest BCUT2D eigenvalue weighted by Crippen LogP contribution is 2.11. The van der Waals surface area contributed by atoms with Gasteiger partial charge in [0.05, 0.1) is 18.5 Å². The Labute approximate surface area is 117 Å². The highest BCUT2D eigenvalue weighted by atomic mass is 16.5. The number of aryl methyl sites for hydroxylation is 2. The van der Waals surface area contributed by atoms with Gasteiger partial charge < -0.3 is 4.74 Å². The molecule has 0 saturated heterocycles. The quantitative estimate of drug-likeness (QED) is 0.846. The van der Waals surface area contributed by atoms with Gasteiger partial charge in [-0.3, -0.25) is 14.7 Å². The average molecular weight is 274 g/mol. The Morgan fingerprint density at radius 3 is 2.85 bits per heavy atom. The molecule has 1 N–H and O–H groups in total. The minimum atomic E-state index is -0.309. The Balaban J connectivity index is 2.29. The van der Waals surface area contributed by atoms with Crippen molar-refractivity contribution in [1.82, 2.24) is 10.2 Å². The van der Waals surface area contributed by atoms with Crippen molar-refractivity contribution in [1.29, 1.82) is 0 Å². The second-order valence-electron chi connectivity index (χ2n) is 4.54. The van der Waals surface area contributed by atoms with Crippen LogP contribution in [0.4, 0.5) is 0 Å². The number of rotatable bonds is 5. The summed E-state index contributed by atoms with van der Waals surface area (Å²) in [5.41, 5.74) is 2.08. The Bertz CT molecular complexity index is 676. The normalized spacial score (nSPS) is 10.7. The summed E-state index contributed by atoms with van der Waals surface area (Å²) < 4.78 is 4.85. The van der Waals surface area contributed by atoms with E-state index in [9.17, 15) is 9.59 Å². The number of ether oxygens (including phenoxy) is 1. The molecule has 0 unspecified atom stereocenters. The molecule has 2 aromatic rings. The zero-order chi connectivity index (χ0) is 14.5. The Kier molecular flexibility index (Phi) is 4.50. The van der Waals surface area contributed by atoms with Gasteiger partial charge >= 0.3 is 5.97 Å². The second-order valence-corrected chi connectivity index (χ2v) is 4.54. The number of H-pyrrole nitrogens is 1. The number of aromatic amines is 1. The van der Waals surface area contributed by atoms with E-state index in [1.54, 1.807) is 6.92 Å². The van der Waals surface area contributed by atoms with E-state index in [0.29, 0.717) is 29.6 Å². The third kappa shape index (κ3) is 3.04. The first-order chi connectivity index (χ1) is 9.65. The Hall–Kier alpha value is -2.17. The van der Waals surface area contributed by atoms with Crippen molar-refractivity contribution in [2.24, 2.45) is 0 Å². The standard InChI is InChI=1S/C15H18N2O3/c1-3-10-5-6-12-11(9-10)15(19)13(17-16-12)7-8-14(18)20-4-2/h5-6,9H,3-4,7-8H2,1-2H3,(H,16,19). The lowest BCUT2D eigenvalue weighted by Crippen LogP contribution is -2.16. The summed E-state index contributed by atoms with van der Waals surface area (Å²) in [5.74, 6) is -0.309. The highest BCUT2D eigenvalue weighted by molar-refractivity contribution is 5.79. The van der Waals surface area contributed by atoms with Gasteiger partial charge in [-0.25, -0.2) is 0 Å². The first kappa shape index (κ1) is 14.2. The van der Waals surface area contributed by atoms with E-state index in [-0.39, 0.29) is 17.8 Å².